The SMILES string of the molecule is CC(NC(=O)c1ccccc1N(C)C(=O)c1cccs1)c1ccc(Cl)c(Cl)c1. The van der Waals surface area contributed by atoms with Crippen LogP contribution in [0.25, 0.3) is 0 Å². The van der Waals surface area contributed by atoms with Crippen LogP contribution >= 0.6 is 34.5 Å². The van der Waals surface area contributed by atoms with Crippen molar-refractivity contribution in [1.29, 1.82) is 0 Å². The van der Waals surface area contributed by atoms with E-state index in [1.807, 2.05) is 24.4 Å². The van der Waals surface area contributed by atoms with E-state index in [1.54, 1.807) is 49.5 Å². The van der Waals surface area contributed by atoms with Crippen LogP contribution in [0, 0.1) is 0 Å². The standard InChI is InChI=1S/C21H18Cl2N2O2S/c1-13(14-9-10-16(22)17(23)12-14)24-20(26)15-6-3-4-7-18(15)25(2)21(27)19-8-5-11-28-19/h3-13H,1-2H3,(H,24,26). The maximum absolute atomic E-state index is 12.9. The van der Waals surface area contributed by atoms with Gasteiger partial charge in [0.15, 0.2) is 0 Å². The van der Waals surface area contributed by atoms with Crippen molar-refractivity contribution in [2.75, 3.05) is 11.9 Å². The molecule has 1 N–H and O–H groups in total. The van der Waals surface area contributed by atoms with Crippen molar-refractivity contribution in [2.45, 2.75) is 13.0 Å². The molecular formula is C21H18Cl2N2O2S. The summed E-state index contributed by atoms with van der Waals surface area (Å²) in [7, 11) is 1.66. The third kappa shape index (κ3) is 4.38. The van der Waals surface area contributed by atoms with E-state index in [2.05, 4.69) is 5.32 Å². The summed E-state index contributed by atoms with van der Waals surface area (Å²) < 4.78 is 0. The number of nitrogens with zero attached hydrogens (tertiary/aromatic N) is 1. The average Bonchev–Trinajstić information content (AvgIpc) is 3.23. The van der Waals surface area contributed by atoms with E-state index in [0.717, 1.165) is 5.56 Å². The van der Waals surface area contributed by atoms with Crippen LogP contribution in [0.5, 0.6) is 0 Å². The number of anilines is 1. The van der Waals surface area contributed by atoms with Crippen LogP contribution < -0.4 is 10.2 Å². The number of carbonyl (C=O) groups excluding carboxylic acids is 2. The van der Waals surface area contributed by atoms with Crippen molar-refractivity contribution in [3.63, 3.8) is 0 Å². The van der Waals surface area contributed by atoms with Crippen molar-refractivity contribution in [3.8, 4) is 0 Å². The van der Waals surface area contributed by atoms with E-state index in [1.165, 1.54) is 16.2 Å². The fraction of sp³-hybridized carbons (Fsp3) is 0.143. The zero-order valence-electron chi connectivity index (χ0n) is 15.3. The fourth-order valence-corrected chi connectivity index (χ4v) is 3.78. The van der Waals surface area contributed by atoms with Crippen LogP contribution in [0.3, 0.4) is 0 Å². The Bertz CT molecular complexity index is 1010. The molecule has 0 aliphatic heterocycles. The summed E-state index contributed by atoms with van der Waals surface area (Å²) in [5, 5.41) is 5.69. The Labute approximate surface area is 177 Å². The lowest BCUT2D eigenvalue weighted by Crippen LogP contribution is -2.31. The van der Waals surface area contributed by atoms with Gasteiger partial charge >= 0.3 is 0 Å². The minimum atomic E-state index is -0.284. The molecule has 0 aliphatic rings. The Hall–Kier alpha value is -2.34. The fourth-order valence-electron chi connectivity index (χ4n) is 2.77. The van der Waals surface area contributed by atoms with Gasteiger partial charge < -0.3 is 10.2 Å². The van der Waals surface area contributed by atoms with Crippen LogP contribution in [0.4, 0.5) is 5.69 Å². The maximum atomic E-state index is 12.9. The Morgan fingerprint density at radius 2 is 1.79 bits per heavy atom. The summed E-state index contributed by atoms with van der Waals surface area (Å²) in [5.41, 5.74) is 1.80. The van der Waals surface area contributed by atoms with Gasteiger partial charge in [0.25, 0.3) is 11.8 Å². The minimum Gasteiger partial charge on any atom is -0.345 e. The van der Waals surface area contributed by atoms with E-state index < -0.39 is 0 Å². The lowest BCUT2D eigenvalue weighted by molar-refractivity contribution is 0.0940. The summed E-state index contributed by atoms with van der Waals surface area (Å²) in [6, 6.07) is 15.6. The lowest BCUT2D eigenvalue weighted by Gasteiger charge is -2.21. The smallest absolute Gasteiger partial charge is 0.268 e. The van der Waals surface area contributed by atoms with Gasteiger partial charge in [0, 0.05) is 7.05 Å². The highest BCUT2D eigenvalue weighted by Gasteiger charge is 2.21. The minimum absolute atomic E-state index is 0.159. The zero-order chi connectivity index (χ0) is 20.3. The first-order valence-electron chi connectivity index (χ1n) is 8.55. The summed E-state index contributed by atoms with van der Waals surface area (Å²) in [4.78, 5) is 27.7. The molecule has 7 heteroatoms. The number of nitrogens with one attached hydrogen (secondary N) is 1. The number of carbonyl (C=O) groups is 2. The number of rotatable bonds is 5. The normalized spacial score (nSPS) is 11.7. The van der Waals surface area contributed by atoms with E-state index in [9.17, 15) is 9.59 Å². The van der Waals surface area contributed by atoms with Gasteiger partial charge in [-0.25, -0.2) is 0 Å². The molecule has 1 unspecified atom stereocenters. The molecule has 2 amide bonds. The third-order valence-electron chi connectivity index (χ3n) is 4.34. The molecule has 3 aromatic rings. The molecule has 1 heterocycles. The quantitative estimate of drug-likeness (QED) is 0.551. The van der Waals surface area contributed by atoms with Gasteiger partial charge in [-0.2, -0.15) is 0 Å². The van der Waals surface area contributed by atoms with Gasteiger partial charge in [-0.1, -0.05) is 47.5 Å². The molecule has 4 nitrogen and oxygen atoms in total. The van der Waals surface area contributed by atoms with Crippen molar-refractivity contribution in [3.05, 3.63) is 86.0 Å². The summed E-state index contributed by atoms with van der Waals surface area (Å²) in [6.07, 6.45) is 0. The van der Waals surface area contributed by atoms with Gasteiger partial charge in [0.1, 0.15) is 0 Å². The van der Waals surface area contributed by atoms with Crippen molar-refractivity contribution < 1.29 is 9.59 Å². The highest BCUT2D eigenvalue weighted by molar-refractivity contribution is 7.12. The van der Waals surface area contributed by atoms with Crippen LogP contribution in [0.1, 0.15) is 38.6 Å². The van der Waals surface area contributed by atoms with Crippen LogP contribution in [-0.4, -0.2) is 18.9 Å². The van der Waals surface area contributed by atoms with Crippen molar-refractivity contribution in [2.24, 2.45) is 0 Å². The number of hydrogen-bond acceptors (Lipinski definition) is 3. The maximum Gasteiger partial charge on any atom is 0.268 e. The molecule has 0 bridgehead atoms. The average molecular weight is 433 g/mol. The topological polar surface area (TPSA) is 49.4 Å². The molecule has 0 spiro atoms. The monoisotopic (exact) mass is 432 g/mol. The zero-order valence-corrected chi connectivity index (χ0v) is 17.6. The summed E-state index contributed by atoms with van der Waals surface area (Å²) in [5.74, 6) is -0.437. The number of hydrogen-bond donors (Lipinski definition) is 1. The van der Waals surface area contributed by atoms with Gasteiger partial charge in [-0.3, -0.25) is 9.59 Å². The molecule has 28 heavy (non-hydrogen) atoms. The van der Waals surface area contributed by atoms with E-state index in [0.29, 0.717) is 26.2 Å². The molecule has 0 saturated heterocycles. The van der Waals surface area contributed by atoms with Gasteiger partial charge in [-0.05, 0) is 48.2 Å². The summed E-state index contributed by atoms with van der Waals surface area (Å²) in [6.45, 7) is 1.86. The number of amides is 2. The molecule has 1 atom stereocenters. The first-order valence-corrected chi connectivity index (χ1v) is 10.2. The van der Waals surface area contributed by atoms with Gasteiger partial charge in [0.05, 0.1) is 32.2 Å². The number of halogens is 2. The van der Waals surface area contributed by atoms with E-state index >= 15 is 0 Å². The van der Waals surface area contributed by atoms with Gasteiger partial charge in [-0.15, -0.1) is 11.3 Å². The van der Waals surface area contributed by atoms with Gasteiger partial charge in [0.2, 0.25) is 0 Å². The molecule has 0 fully saturated rings. The Morgan fingerprint density at radius 3 is 2.46 bits per heavy atom. The molecular weight excluding hydrogens is 415 g/mol. The Kier molecular flexibility index (Phi) is 6.39. The molecule has 0 saturated carbocycles. The first kappa shape index (κ1) is 20.4. The third-order valence-corrected chi connectivity index (χ3v) is 5.93. The van der Waals surface area contributed by atoms with Crippen LogP contribution in [0.15, 0.2) is 60.0 Å². The van der Waals surface area contributed by atoms with Crippen molar-refractivity contribution >= 4 is 52.0 Å². The molecule has 2 aromatic carbocycles. The lowest BCUT2D eigenvalue weighted by atomic mass is 10.1. The second-order valence-electron chi connectivity index (χ2n) is 6.23. The van der Waals surface area contributed by atoms with Crippen LogP contribution in [0.2, 0.25) is 10.0 Å². The highest BCUT2D eigenvalue weighted by Crippen LogP contribution is 2.27. The largest absolute Gasteiger partial charge is 0.345 e. The predicted octanol–water partition coefficient (Wildman–Crippen LogP) is 5.82. The number of para-hydroxylation sites is 1. The number of thiophene rings is 1. The molecule has 144 valence electrons. The number of benzene rings is 2. The second kappa shape index (κ2) is 8.78. The predicted molar refractivity (Wildman–Crippen MR) is 116 cm³/mol. The molecule has 0 aliphatic carbocycles. The van der Waals surface area contributed by atoms with E-state index in [4.69, 9.17) is 23.2 Å². The Balaban J connectivity index is 1.82. The van der Waals surface area contributed by atoms with Crippen LogP contribution in [-0.2, 0) is 0 Å². The second-order valence-corrected chi connectivity index (χ2v) is 7.99. The van der Waals surface area contributed by atoms with Crippen molar-refractivity contribution in [1.82, 2.24) is 5.32 Å². The highest BCUT2D eigenvalue weighted by atomic mass is 35.5. The van der Waals surface area contributed by atoms with E-state index in [-0.39, 0.29) is 17.9 Å². The molecule has 0 radical (unpaired) electrons. The summed E-state index contributed by atoms with van der Waals surface area (Å²) >= 11 is 13.4. The molecule has 3 rings (SSSR count). The molecule has 1 aromatic heterocycles. The first-order chi connectivity index (χ1) is 13.4. The Morgan fingerprint density at radius 1 is 1.04 bits per heavy atom.